The summed E-state index contributed by atoms with van der Waals surface area (Å²) in [6.45, 7) is 2.80. The molecule has 0 unspecified atom stereocenters. The minimum Gasteiger partial charge on any atom is -0.376 e. The van der Waals surface area contributed by atoms with Crippen LogP contribution in [-0.4, -0.2) is 29.0 Å². The van der Waals surface area contributed by atoms with Gasteiger partial charge in [-0.2, -0.15) is 5.10 Å². The first-order chi connectivity index (χ1) is 11.2. The quantitative estimate of drug-likeness (QED) is 0.880. The molecule has 0 bridgehead atoms. The standard InChI is InChI=1S/C16H19FN4O2/c17-14-3-1-12(2-4-14)9-19-16(22)18-6-7-21-15-5-8-23-11-13(15)10-20-21/h1-4,10H,5-9,11H2,(H2,18,19,22). The number of fused-ring (bicyclic) bond motifs is 1. The van der Waals surface area contributed by atoms with Crippen molar-refractivity contribution >= 4 is 6.03 Å². The van der Waals surface area contributed by atoms with Crippen molar-refractivity contribution in [1.29, 1.82) is 0 Å². The van der Waals surface area contributed by atoms with Crippen molar-refractivity contribution < 1.29 is 13.9 Å². The number of nitrogens with zero attached hydrogens (tertiary/aromatic N) is 2. The number of hydrogen-bond acceptors (Lipinski definition) is 3. The Bertz CT molecular complexity index is 669. The third-order valence-electron chi connectivity index (χ3n) is 3.75. The largest absolute Gasteiger partial charge is 0.376 e. The minimum atomic E-state index is -0.286. The molecule has 23 heavy (non-hydrogen) atoms. The Morgan fingerprint density at radius 3 is 2.96 bits per heavy atom. The lowest BCUT2D eigenvalue weighted by molar-refractivity contribution is 0.109. The monoisotopic (exact) mass is 318 g/mol. The molecule has 0 saturated heterocycles. The molecule has 2 aromatic rings. The number of amides is 2. The number of rotatable bonds is 5. The number of carbonyl (C=O) groups excluding carboxylic acids is 1. The number of benzene rings is 1. The van der Waals surface area contributed by atoms with Gasteiger partial charge in [0.05, 0.1) is 26.0 Å². The molecule has 1 aromatic carbocycles. The molecule has 1 aliphatic heterocycles. The van der Waals surface area contributed by atoms with Gasteiger partial charge in [0.25, 0.3) is 0 Å². The van der Waals surface area contributed by atoms with Crippen molar-refractivity contribution in [3.63, 3.8) is 0 Å². The average molecular weight is 318 g/mol. The molecule has 1 aromatic heterocycles. The van der Waals surface area contributed by atoms with E-state index in [4.69, 9.17) is 4.74 Å². The molecule has 2 N–H and O–H groups in total. The Balaban J connectivity index is 1.41. The minimum absolute atomic E-state index is 0.251. The summed E-state index contributed by atoms with van der Waals surface area (Å²) >= 11 is 0. The Morgan fingerprint density at radius 2 is 2.13 bits per heavy atom. The van der Waals surface area contributed by atoms with Crippen LogP contribution in [0.15, 0.2) is 30.5 Å². The maximum Gasteiger partial charge on any atom is 0.315 e. The van der Waals surface area contributed by atoms with Crippen LogP contribution in [0.4, 0.5) is 9.18 Å². The summed E-state index contributed by atoms with van der Waals surface area (Å²) in [6.07, 6.45) is 2.68. The highest BCUT2D eigenvalue weighted by Crippen LogP contribution is 2.15. The van der Waals surface area contributed by atoms with Crippen LogP contribution in [0.25, 0.3) is 0 Å². The van der Waals surface area contributed by atoms with E-state index in [0.29, 0.717) is 32.8 Å². The van der Waals surface area contributed by atoms with Gasteiger partial charge in [-0.15, -0.1) is 0 Å². The fourth-order valence-electron chi connectivity index (χ4n) is 2.53. The lowest BCUT2D eigenvalue weighted by atomic mass is 10.2. The summed E-state index contributed by atoms with van der Waals surface area (Å²) in [5.41, 5.74) is 3.16. The highest BCUT2D eigenvalue weighted by atomic mass is 19.1. The number of halogens is 1. The Hall–Kier alpha value is -2.41. The predicted octanol–water partition coefficient (Wildman–Crippen LogP) is 1.59. The van der Waals surface area contributed by atoms with E-state index in [9.17, 15) is 9.18 Å². The molecule has 2 heterocycles. The van der Waals surface area contributed by atoms with Crippen LogP contribution in [-0.2, 0) is 30.9 Å². The molecule has 3 rings (SSSR count). The summed E-state index contributed by atoms with van der Waals surface area (Å²) in [7, 11) is 0. The van der Waals surface area contributed by atoms with Crippen molar-refractivity contribution in [2.45, 2.75) is 26.1 Å². The van der Waals surface area contributed by atoms with E-state index < -0.39 is 0 Å². The van der Waals surface area contributed by atoms with Crippen LogP contribution in [0, 0.1) is 5.82 Å². The lowest BCUT2D eigenvalue weighted by Crippen LogP contribution is -2.37. The molecular formula is C16H19FN4O2. The SMILES string of the molecule is O=C(NCCn1ncc2c1CCOC2)NCc1ccc(F)cc1. The van der Waals surface area contributed by atoms with Gasteiger partial charge < -0.3 is 15.4 Å². The van der Waals surface area contributed by atoms with Gasteiger partial charge in [-0.1, -0.05) is 12.1 Å². The second-order valence-electron chi connectivity index (χ2n) is 5.38. The number of urea groups is 1. The third kappa shape index (κ3) is 4.07. The second kappa shape index (κ2) is 7.23. The first-order valence-electron chi connectivity index (χ1n) is 7.60. The number of nitrogens with one attached hydrogen (secondary N) is 2. The van der Waals surface area contributed by atoms with Crippen molar-refractivity contribution in [2.24, 2.45) is 0 Å². The van der Waals surface area contributed by atoms with Crippen molar-refractivity contribution in [1.82, 2.24) is 20.4 Å². The van der Waals surface area contributed by atoms with E-state index in [0.717, 1.165) is 17.5 Å². The molecule has 122 valence electrons. The topological polar surface area (TPSA) is 68.2 Å². The molecule has 0 atom stereocenters. The summed E-state index contributed by atoms with van der Waals surface area (Å²) in [4.78, 5) is 11.8. The number of hydrogen-bond donors (Lipinski definition) is 2. The van der Waals surface area contributed by atoms with Crippen molar-refractivity contribution in [2.75, 3.05) is 13.2 Å². The van der Waals surface area contributed by atoms with Crippen molar-refractivity contribution in [3.8, 4) is 0 Å². The van der Waals surface area contributed by atoms with Gasteiger partial charge in [0.2, 0.25) is 0 Å². The molecule has 1 aliphatic rings. The summed E-state index contributed by atoms with van der Waals surface area (Å²) in [5.74, 6) is -0.286. The molecule has 0 saturated carbocycles. The number of ether oxygens (including phenoxy) is 1. The van der Waals surface area contributed by atoms with Gasteiger partial charge in [-0.3, -0.25) is 4.68 Å². The number of carbonyl (C=O) groups is 1. The normalized spacial score (nSPS) is 13.4. The van der Waals surface area contributed by atoms with Crippen molar-refractivity contribution in [3.05, 3.63) is 53.1 Å². The van der Waals surface area contributed by atoms with Crippen LogP contribution in [0.1, 0.15) is 16.8 Å². The van der Waals surface area contributed by atoms with E-state index in [2.05, 4.69) is 15.7 Å². The number of aromatic nitrogens is 2. The van der Waals surface area contributed by atoms with Gasteiger partial charge in [-0.25, -0.2) is 9.18 Å². The average Bonchev–Trinajstić information content (AvgIpc) is 2.98. The van der Waals surface area contributed by atoms with Gasteiger partial charge in [-0.05, 0) is 17.7 Å². The van der Waals surface area contributed by atoms with E-state index >= 15 is 0 Å². The van der Waals surface area contributed by atoms with Crippen LogP contribution in [0.2, 0.25) is 0 Å². The molecule has 0 radical (unpaired) electrons. The highest BCUT2D eigenvalue weighted by molar-refractivity contribution is 5.73. The van der Waals surface area contributed by atoms with Gasteiger partial charge in [0, 0.05) is 30.8 Å². The van der Waals surface area contributed by atoms with E-state index in [1.165, 1.54) is 17.8 Å². The second-order valence-corrected chi connectivity index (χ2v) is 5.38. The first kappa shape index (κ1) is 15.5. The fourth-order valence-corrected chi connectivity index (χ4v) is 2.53. The van der Waals surface area contributed by atoms with E-state index in [1.54, 1.807) is 12.1 Å². The van der Waals surface area contributed by atoms with E-state index in [1.807, 2.05) is 10.9 Å². The Labute approximate surface area is 133 Å². The summed E-state index contributed by atoms with van der Waals surface area (Å²) in [6, 6.07) is 5.79. The van der Waals surface area contributed by atoms with Crippen LogP contribution in [0.5, 0.6) is 0 Å². The molecule has 0 aliphatic carbocycles. The van der Waals surface area contributed by atoms with E-state index in [-0.39, 0.29) is 11.8 Å². The third-order valence-corrected chi connectivity index (χ3v) is 3.75. The molecule has 6 nitrogen and oxygen atoms in total. The van der Waals surface area contributed by atoms with Gasteiger partial charge >= 0.3 is 6.03 Å². The van der Waals surface area contributed by atoms with Crippen LogP contribution in [0.3, 0.4) is 0 Å². The Kier molecular flexibility index (Phi) is 4.87. The fraction of sp³-hybridized carbons (Fsp3) is 0.375. The Morgan fingerprint density at radius 1 is 1.30 bits per heavy atom. The highest BCUT2D eigenvalue weighted by Gasteiger charge is 2.15. The molecule has 2 amide bonds. The predicted molar refractivity (Wildman–Crippen MR) is 82.2 cm³/mol. The zero-order valence-electron chi connectivity index (χ0n) is 12.7. The lowest BCUT2D eigenvalue weighted by Gasteiger charge is -2.15. The maximum absolute atomic E-state index is 12.8. The maximum atomic E-state index is 12.8. The summed E-state index contributed by atoms with van der Waals surface area (Å²) in [5, 5.41) is 9.86. The summed E-state index contributed by atoms with van der Waals surface area (Å²) < 4.78 is 20.1. The molecule has 0 spiro atoms. The molecule has 7 heteroatoms. The van der Waals surface area contributed by atoms with Crippen LogP contribution < -0.4 is 10.6 Å². The zero-order valence-corrected chi connectivity index (χ0v) is 12.7. The molecular weight excluding hydrogens is 299 g/mol. The zero-order chi connectivity index (χ0) is 16.1. The van der Waals surface area contributed by atoms with Gasteiger partial charge in [0.1, 0.15) is 5.82 Å². The molecule has 0 fully saturated rings. The first-order valence-corrected chi connectivity index (χ1v) is 7.60. The van der Waals surface area contributed by atoms with Gasteiger partial charge in [0.15, 0.2) is 0 Å². The van der Waals surface area contributed by atoms with Crippen LogP contribution >= 0.6 is 0 Å². The smallest absolute Gasteiger partial charge is 0.315 e.